The number of rotatable bonds is 0. The van der Waals surface area contributed by atoms with Crippen LogP contribution in [0.4, 0.5) is 0 Å². The zero-order chi connectivity index (χ0) is 16.6. The van der Waals surface area contributed by atoms with Crippen molar-refractivity contribution in [3.63, 3.8) is 0 Å². The van der Waals surface area contributed by atoms with Gasteiger partial charge in [0.05, 0.1) is 0 Å². The first-order chi connectivity index (χ1) is 10.7. The molecule has 3 aliphatic rings. The minimum atomic E-state index is 0.0613. The second kappa shape index (κ2) is 4.46. The standard InChI is InChI=1S/C21H30O2/c1-19(2)7-5-8-20(3)16(19)6-9-21(4)17(20)11-13-10-14(22)12-15(23)18(13)21/h10,12,16-17,22-23H,5-9,11H2,1-4H3/t16?,17-,20+,21-/m1/s1. The fourth-order valence-corrected chi connectivity index (χ4v) is 7.12. The summed E-state index contributed by atoms with van der Waals surface area (Å²) >= 11 is 0. The monoisotopic (exact) mass is 314 g/mol. The van der Waals surface area contributed by atoms with Crippen LogP contribution in [-0.2, 0) is 11.8 Å². The summed E-state index contributed by atoms with van der Waals surface area (Å²) in [5.41, 5.74) is 3.14. The molecule has 0 radical (unpaired) electrons. The third-order valence-electron chi connectivity index (χ3n) is 7.97. The number of aromatic hydroxyl groups is 2. The average Bonchev–Trinajstić information content (AvgIpc) is 2.71. The summed E-state index contributed by atoms with van der Waals surface area (Å²) in [6.45, 7) is 9.80. The third-order valence-corrected chi connectivity index (χ3v) is 7.97. The minimum absolute atomic E-state index is 0.0613. The molecule has 3 aliphatic carbocycles. The van der Waals surface area contributed by atoms with E-state index in [0.717, 1.165) is 24.3 Å². The minimum Gasteiger partial charge on any atom is -0.508 e. The summed E-state index contributed by atoms with van der Waals surface area (Å²) in [5, 5.41) is 20.5. The average molecular weight is 314 g/mol. The van der Waals surface area contributed by atoms with E-state index in [4.69, 9.17) is 0 Å². The van der Waals surface area contributed by atoms with Crippen molar-refractivity contribution in [3.8, 4) is 11.5 Å². The predicted octanol–water partition coefficient (Wildman–Crippen LogP) is 5.15. The molecule has 1 aromatic carbocycles. The molecule has 23 heavy (non-hydrogen) atoms. The van der Waals surface area contributed by atoms with Gasteiger partial charge in [-0.3, -0.25) is 0 Å². The van der Waals surface area contributed by atoms with Crippen molar-refractivity contribution in [3.05, 3.63) is 23.3 Å². The van der Waals surface area contributed by atoms with Gasteiger partial charge < -0.3 is 10.2 Å². The van der Waals surface area contributed by atoms with Crippen LogP contribution in [-0.4, -0.2) is 10.2 Å². The summed E-state index contributed by atoms with van der Waals surface area (Å²) in [6, 6.07) is 3.43. The van der Waals surface area contributed by atoms with Crippen molar-refractivity contribution in [1.29, 1.82) is 0 Å². The summed E-state index contributed by atoms with van der Waals surface area (Å²) in [5.74, 6) is 1.86. The molecule has 0 heterocycles. The number of phenols is 2. The van der Waals surface area contributed by atoms with E-state index < -0.39 is 0 Å². The highest BCUT2D eigenvalue weighted by atomic mass is 16.3. The van der Waals surface area contributed by atoms with Gasteiger partial charge in [0.2, 0.25) is 0 Å². The maximum Gasteiger partial charge on any atom is 0.123 e. The van der Waals surface area contributed by atoms with Crippen LogP contribution in [0.5, 0.6) is 11.5 Å². The van der Waals surface area contributed by atoms with Crippen LogP contribution in [0.15, 0.2) is 12.1 Å². The SMILES string of the molecule is CC1(C)CCC[C@@]2(C)C1CC[C@@]1(C)c3c(O)cc(O)cc3C[C@@H]12. The van der Waals surface area contributed by atoms with E-state index in [1.54, 1.807) is 0 Å². The lowest BCUT2D eigenvalue weighted by Crippen LogP contribution is -2.55. The van der Waals surface area contributed by atoms with Crippen LogP contribution in [0, 0.1) is 22.7 Å². The Balaban J connectivity index is 1.84. The summed E-state index contributed by atoms with van der Waals surface area (Å²) in [4.78, 5) is 0. The van der Waals surface area contributed by atoms with Crippen molar-refractivity contribution < 1.29 is 10.2 Å². The van der Waals surface area contributed by atoms with Crippen LogP contribution in [0.1, 0.15) is 70.9 Å². The zero-order valence-corrected chi connectivity index (χ0v) is 14.9. The molecule has 1 unspecified atom stereocenters. The highest BCUT2D eigenvalue weighted by molar-refractivity contribution is 5.54. The second-order valence-corrected chi connectivity index (χ2v) is 9.61. The number of phenolic OH excluding ortho intramolecular Hbond substituents is 2. The lowest BCUT2D eigenvalue weighted by atomic mass is 9.43. The first-order valence-electron chi connectivity index (χ1n) is 9.24. The van der Waals surface area contributed by atoms with Gasteiger partial charge in [0.15, 0.2) is 0 Å². The Morgan fingerprint density at radius 2 is 1.70 bits per heavy atom. The molecule has 2 heteroatoms. The van der Waals surface area contributed by atoms with Crippen molar-refractivity contribution >= 4 is 0 Å². The van der Waals surface area contributed by atoms with E-state index in [0.29, 0.717) is 22.5 Å². The quantitative estimate of drug-likeness (QED) is 0.695. The molecule has 2 N–H and O–H groups in total. The normalized spacial score (nSPS) is 41.0. The Morgan fingerprint density at radius 3 is 2.43 bits per heavy atom. The van der Waals surface area contributed by atoms with Crippen LogP contribution in [0.2, 0.25) is 0 Å². The Hall–Kier alpha value is -1.18. The van der Waals surface area contributed by atoms with Gasteiger partial charge in [-0.05, 0) is 66.4 Å². The van der Waals surface area contributed by atoms with Gasteiger partial charge in [-0.1, -0.05) is 34.1 Å². The van der Waals surface area contributed by atoms with Crippen molar-refractivity contribution in [2.75, 3.05) is 0 Å². The Kier molecular flexibility index (Phi) is 2.98. The number of benzene rings is 1. The number of hydrogen-bond donors (Lipinski definition) is 2. The maximum absolute atomic E-state index is 10.5. The molecule has 2 saturated carbocycles. The van der Waals surface area contributed by atoms with Gasteiger partial charge in [-0.15, -0.1) is 0 Å². The molecule has 0 aliphatic heterocycles. The number of hydrogen-bond acceptors (Lipinski definition) is 2. The molecule has 1 aromatic rings. The first kappa shape index (κ1) is 15.4. The van der Waals surface area contributed by atoms with Crippen molar-refractivity contribution in [2.24, 2.45) is 22.7 Å². The molecule has 2 nitrogen and oxygen atoms in total. The fourth-order valence-electron chi connectivity index (χ4n) is 7.12. The van der Waals surface area contributed by atoms with Crippen LogP contribution in [0.25, 0.3) is 0 Å². The van der Waals surface area contributed by atoms with E-state index in [2.05, 4.69) is 27.7 Å². The fraction of sp³-hybridized carbons (Fsp3) is 0.714. The molecule has 126 valence electrons. The van der Waals surface area contributed by atoms with Gasteiger partial charge in [0.25, 0.3) is 0 Å². The van der Waals surface area contributed by atoms with Gasteiger partial charge in [-0.2, -0.15) is 0 Å². The largest absolute Gasteiger partial charge is 0.508 e. The Labute approximate surface area is 139 Å². The summed E-state index contributed by atoms with van der Waals surface area (Å²) < 4.78 is 0. The molecular formula is C21H30O2. The maximum atomic E-state index is 10.5. The van der Waals surface area contributed by atoms with Gasteiger partial charge in [0.1, 0.15) is 11.5 Å². The van der Waals surface area contributed by atoms with Crippen LogP contribution in [0.3, 0.4) is 0 Å². The van der Waals surface area contributed by atoms with Gasteiger partial charge in [0, 0.05) is 17.0 Å². The summed E-state index contributed by atoms with van der Waals surface area (Å²) in [7, 11) is 0. The second-order valence-electron chi connectivity index (χ2n) is 9.61. The van der Waals surface area contributed by atoms with E-state index in [1.807, 2.05) is 6.07 Å². The molecule has 0 bridgehead atoms. The zero-order valence-electron chi connectivity index (χ0n) is 14.9. The van der Waals surface area contributed by atoms with E-state index in [9.17, 15) is 10.2 Å². The topological polar surface area (TPSA) is 40.5 Å². The van der Waals surface area contributed by atoms with Crippen molar-refractivity contribution in [1.82, 2.24) is 0 Å². The number of fused-ring (bicyclic) bond motifs is 5. The van der Waals surface area contributed by atoms with Crippen LogP contribution >= 0.6 is 0 Å². The van der Waals surface area contributed by atoms with E-state index in [-0.39, 0.29) is 11.2 Å². The molecular weight excluding hydrogens is 284 g/mol. The first-order valence-corrected chi connectivity index (χ1v) is 9.24. The van der Waals surface area contributed by atoms with Gasteiger partial charge >= 0.3 is 0 Å². The predicted molar refractivity (Wildman–Crippen MR) is 92.8 cm³/mol. The Bertz CT molecular complexity index is 662. The van der Waals surface area contributed by atoms with Crippen LogP contribution < -0.4 is 0 Å². The molecule has 0 amide bonds. The van der Waals surface area contributed by atoms with E-state index >= 15 is 0 Å². The van der Waals surface area contributed by atoms with E-state index in [1.165, 1.54) is 37.3 Å². The molecule has 4 rings (SSSR count). The molecule has 0 spiro atoms. The molecule has 2 fully saturated rings. The summed E-state index contributed by atoms with van der Waals surface area (Å²) in [6.07, 6.45) is 7.40. The third kappa shape index (κ3) is 1.87. The van der Waals surface area contributed by atoms with Gasteiger partial charge in [-0.25, -0.2) is 0 Å². The van der Waals surface area contributed by atoms with Crippen molar-refractivity contribution in [2.45, 2.75) is 71.6 Å². The lowest BCUT2D eigenvalue weighted by Gasteiger charge is -2.61. The molecule has 4 atom stereocenters. The lowest BCUT2D eigenvalue weighted by molar-refractivity contribution is -0.0984. The highest BCUT2D eigenvalue weighted by Crippen LogP contribution is 2.68. The smallest absolute Gasteiger partial charge is 0.123 e. The highest BCUT2D eigenvalue weighted by Gasteiger charge is 2.61. The molecule has 0 aromatic heterocycles. The Morgan fingerprint density at radius 1 is 0.957 bits per heavy atom. The molecule has 0 saturated heterocycles.